The third-order valence-corrected chi connectivity index (χ3v) is 4.65. The largest absolute Gasteiger partial charge is 0.325 e. The van der Waals surface area contributed by atoms with E-state index >= 15 is 0 Å². The second kappa shape index (κ2) is 5.19. The van der Waals surface area contributed by atoms with E-state index < -0.39 is 0 Å². The van der Waals surface area contributed by atoms with Crippen molar-refractivity contribution in [1.82, 2.24) is 9.55 Å². The molecule has 0 aliphatic heterocycles. The summed E-state index contributed by atoms with van der Waals surface area (Å²) in [6.45, 7) is 0. The maximum absolute atomic E-state index is 4.21. The van der Waals surface area contributed by atoms with Crippen molar-refractivity contribution in [2.75, 3.05) is 0 Å². The lowest BCUT2D eigenvalue weighted by Crippen LogP contribution is -2.08. The van der Waals surface area contributed by atoms with Crippen LogP contribution in [0.25, 0.3) is 10.8 Å². The lowest BCUT2D eigenvalue weighted by atomic mass is 10.0. The first-order valence-corrected chi connectivity index (χ1v) is 7.79. The molecule has 0 N–H and O–H groups in total. The quantitative estimate of drug-likeness (QED) is 0.533. The van der Waals surface area contributed by atoms with Crippen molar-refractivity contribution in [2.45, 2.75) is 6.04 Å². The summed E-state index contributed by atoms with van der Waals surface area (Å²) in [5.74, 6) is 0. The minimum absolute atomic E-state index is 0.192. The lowest BCUT2D eigenvalue weighted by Gasteiger charge is -2.18. The van der Waals surface area contributed by atoms with Crippen LogP contribution in [0, 0.1) is 0 Å². The predicted octanol–water partition coefficient (Wildman–Crippen LogP) is 4.74. The average molecular weight is 290 g/mol. The standard InChI is InChI=1S/C18H14N2S/c1-2-5-15-12-16(8-7-14(15)4-1)18(17-6-3-11-21-17)20-10-9-19-13-20/h1-13,18H. The van der Waals surface area contributed by atoms with E-state index in [-0.39, 0.29) is 6.04 Å². The van der Waals surface area contributed by atoms with E-state index in [0.29, 0.717) is 0 Å². The number of hydrogen-bond acceptors (Lipinski definition) is 2. The molecule has 4 rings (SSSR count). The van der Waals surface area contributed by atoms with Crippen LogP contribution in [0.2, 0.25) is 0 Å². The minimum Gasteiger partial charge on any atom is -0.325 e. The molecule has 0 spiro atoms. The number of benzene rings is 2. The molecule has 0 aliphatic carbocycles. The van der Waals surface area contributed by atoms with Gasteiger partial charge in [-0.1, -0.05) is 42.5 Å². The highest BCUT2D eigenvalue weighted by atomic mass is 32.1. The SMILES string of the molecule is c1csc(C(c2ccc3ccccc3c2)n2ccnc2)c1. The fraction of sp³-hybridized carbons (Fsp3) is 0.0556. The van der Waals surface area contributed by atoms with Crippen molar-refractivity contribution in [3.63, 3.8) is 0 Å². The molecule has 0 aliphatic rings. The van der Waals surface area contributed by atoms with Gasteiger partial charge >= 0.3 is 0 Å². The molecule has 0 radical (unpaired) electrons. The summed E-state index contributed by atoms with van der Waals surface area (Å²) in [6.07, 6.45) is 5.75. The van der Waals surface area contributed by atoms with Crippen LogP contribution in [0.15, 0.2) is 78.7 Å². The van der Waals surface area contributed by atoms with Crippen LogP contribution < -0.4 is 0 Å². The molecule has 2 aromatic carbocycles. The van der Waals surface area contributed by atoms with E-state index in [2.05, 4.69) is 69.5 Å². The zero-order valence-corrected chi connectivity index (χ0v) is 12.2. The number of hydrogen-bond donors (Lipinski definition) is 0. The van der Waals surface area contributed by atoms with Gasteiger partial charge in [0.15, 0.2) is 0 Å². The summed E-state index contributed by atoms with van der Waals surface area (Å²) in [5, 5.41) is 4.67. The van der Waals surface area contributed by atoms with Crippen LogP contribution in [-0.4, -0.2) is 9.55 Å². The Bertz CT molecular complexity index is 814. The van der Waals surface area contributed by atoms with Gasteiger partial charge in [0, 0.05) is 17.3 Å². The number of thiophene rings is 1. The molecule has 2 aromatic heterocycles. The molecule has 0 amide bonds. The van der Waals surface area contributed by atoms with Crippen molar-refractivity contribution >= 4 is 22.1 Å². The number of imidazole rings is 1. The number of aromatic nitrogens is 2. The van der Waals surface area contributed by atoms with Crippen LogP contribution in [-0.2, 0) is 0 Å². The molecule has 102 valence electrons. The molecular weight excluding hydrogens is 276 g/mol. The van der Waals surface area contributed by atoms with Crippen LogP contribution in [0.1, 0.15) is 16.5 Å². The van der Waals surface area contributed by atoms with Gasteiger partial charge in [0.1, 0.15) is 0 Å². The van der Waals surface area contributed by atoms with Crippen LogP contribution >= 0.6 is 11.3 Å². The number of rotatable bonds is 3. The van der Waals surface area contributed by atoms with E-state index in [0.717, 1.165) is 0 Å². The Morgan fingerprint density at radius 2 is 1.86 bits per heavy atom. The summed E-state index contributed by atoms with van der Waals surface area (Å²) in [7, 11) is 0. The monoisotopic (exact) mass is 290 g/mol. The maximum atomic E-state index is 4.21. The van der Waals surface area contributed by atoms with E-state index in [1.165, 1.54) is 21.2 Å². The van der Waals surface area contributed by atoms with Crippen molar-refractivity contribution in [2.24, 2.45) is 0 Å². The molecule has 0 saturated carbocycles. The molecule has 2 nitrogen and oxygen atoms in total. The summed E-state index contributed by atoms with van der Waals surface area (Å²) < 4.78 is 2.16. The molecule has 3 heteroatoms. The Kier molecular flexibility index (Phi) is 3.05. The molecule has 1 atom stereocenters. The molecular formula is C18H14N2S. The Labute approximate surface area is 127 Å². The van der Waals surface area contributed by atoms with E-state index in [9.17, 15) is 0 Å². The average Bonchev–Trinajstić information content (AvgIpc) is 3.21. The Hall–Kier alpha value is -2.39. The molecule has 2 heterocycles. The zero-order chi connectivity index (χ0) is 14.1. The molecule has 21 heavy (non-hydrogen) atoms. The Morgan fingerprint density at radius 1 is 0.952 bits per heavy atom. The van der Waals surface area contributed by atoms with Gasteiger partial charge < -0.3 is 4.57 Å². The second-order valence-corrected chi connectivity index (χ2v) is 6.01. The highest BCUT2D eigenvalue weighted by molar-refractivity contribution is 7.10. The van der Waals surface area contributed by atoms with Crippen molar-refractivity contribution in [3.8, 4) is 0 Å². The first-order chi connectivity index (χ1) is 10.4. The Morgan fingerprint density at radius 3 is 2.62 bits per heavy atom. The van der Waals surface area contributed by atoms with Crippen LogP contribution in [0.5, 0.6) is 0 Å². The molecule has 1 unspecified atom stereocenters. The van der Waals surface area contributed by atoms with Gasteiger partial charge in [-0.3, -0.25) is 0 Å². The molecule has 4 aromatic rings. The van der Waals surface area contributed by atoms with E-state index in [4.69, 9.17) is 0 Å². The third kappa shape index (κ3) is 2.26. The van der Waals surface area contributed by atoms with Gasteiger partial charge in [-0.2, -0.15) is 0 Å². The van der Waals surface area contributed by atoms with Crippen molar-refractivity contribution in [3.05, 3.63) is 89.1 Å². The first-order valence-electron chi connectivity index (χ1n) is 6.91. The first kappa shape index (κ1) is 12.4. The topological polar surface area (TPSA) is 17.8 Å². The number of fused-ring (bicyclic) bond motifs is 1. The predicted molar refractivity (Wildman–Crippen MR) is 87.7 cm³/mol. The van der Waals surface area contributed by atoms with Gasteiger partial charge in [-0.05, 0) is 33.8 Å². The third-order valence-electron chi connectivity index (χ3n) is 3.72. The summed E-state index contributed by atoms with van der Waals surface area (Å²) in [5.41, 5.74) is 1.29. The van der Waals surface area contributed by atoms with Gasteiger partial charge in [-0.15, -0.1) is 11.3 Å². The summed E-state index contributed by atoms with van der Waals surface area (Å²) in [6, 6.07) is 19.6. The lowest BCUT2D eigenvalue weighted by molar-refractivity contribution is 0.689. The molecule has 0 bridgehead atoms. The van der Waals surface area contributed by atoms with Crippen LogP contribution in [0.3, 0.4) is 0 Å². The minimum atomic E-state index is 0.192. The van der Waals surface area contributed by atoms with E-state index in [1.807, 2.05) is 18.7 Å². The van der Waals surface area contributed by atoms with E-state index in [1.54, 1.807) is 11.3 Å². The van der Waals surface area contributed by atoms with Gasteiger partial charge in [0.25, 0.3) is 0 Å². The normalized spacial score (nSPS) is 12.6. The molecule has 0 fully saturated rings. The second-order valence-electron chi connectivity index (χ2n) is 5.03. The van der Waals surface area contributed by atoms with Gasteiger partial charge in [-0.25, -0.2) is 4.98 Å². The highest BCUT2D eigenvalue weighted by Crippen LogP contribution is 2.31. The summed E-state index contributed by atoms with van der Waals surface area (Å²) in [4.78, 5) is 5.53. The molecule has 0 saturated heterocycles. The van der Waals surface area contributed by atoms with Crippen molar-refractivity contribution < 1.29 is 0 Å². The summed E-state index contributed by atoms with van der Waals surface area (Å²) >= 11 is 1.78. The van der Waals surface area contributed by atoms with Crippen LogP contribution in [0.4, 0.5) is 0 Å². The fourth-order valence-corrected chi connectivity index (χ4v) is 3.59. The fourth-order valence-electron chi connectivity index (χ4n) is 2.73. The maximum Gasteiger partial charge on any atom is 0.0954 e. The highest BCUT2D eigenvalue weighted by Gasteiger charge is 2.17. The van der Waals surface area contributed by atoms with Gasteiger partial charge in [0.05, 0.1) is 12.4 Å². The van der Waals surface area contributed by atoms with Gasteiger partial charge in [0.2, 0.25) is 0 Å². The smallest absolute Gasteiger partial charge is 0.0954 e. The number of nitrogens with zero attached hydrogens (tertiary/aromatic N) is 2. The van der Waals surface area contributed by atoms with Crippen molar-refractivity contribution in [1.29, 1.82) is 0 Å². The Balaban J connectivity index is 1.89. The zero-order valence-electron chi connectivity index (χ0n) is 11.4.